The van der Waals surface area contributed by atoms with Gasteiger partial charge in [0.1, 0.15) is 11.6 Å². The van der Waals surface area contributed by atoms with E-state index in [1.54, 1.807) is 0 Å². The van der Waals surface area contributed by atoms with E-state index in [0.29, 0.717) is 5.91 Å². The summed E-state index contributed by atoms with van der Waals surface area (Å²) in [5.41, 5.74) is 1.83. The molecule has 0 unspecified atom stereocenters. The van der Waals surface area contributed by atoms with Crippen LogP contribution >= 0.6 is 0 Å². The van der Waals surface area contributed by atoms with Crippen LogP contribution in [-0.4, -0.2) is 56.7 Å². The van der Waals surface area contributed by atoms with Crippen LogP contribution in [0.1, 0.15) is 38.4 Å². The average molecular weight is 405 g/mol. The van der Waals surface area contributed by atoms with Crippen molar-refractivity contribution in [2.45, 2.75) is 39.0 Å². The molecule has 1 saturated heterocycles. The molecule has 1 amide bonds. The Bertz CT molecular complexity index is 1030. The second-order valence-electron chi connectivity index (χ2n) is 8.24. The van der Waals surface area contributed by atoms with Crippen molar-refractivity contribution in [1.29, 1.82) is 0 Å². The van der Waals surface area contributed by atoms with Crippen LogP contribution in [0.5, 0.6) is 0 Å². The largest absolute Gasteiger partial charge is 0.352 e. The summed E-state index contributed by atoms with van der Waals surface area (Å²) in [6.45, 7) is 5.19. The quantitative estimate of drug-likeness (QED) is 0.668. The van der Waals surface area contributed by atoms with Crippen molar-refractivity contribution in [3.8, 4) is 5.69 Å². The van der Waals surface area contributed by atoms with Crippen LogP contribution < -0.4 is 4.90 Å². The number of aromatic nitrogens is 4. The van der Waals surface area contributed by atoms with E-state index in [1.165, 1.54) is 12.8 Å². The van der Waals surface area contributed by atoms with Crippen molar-refractivity contribution >= 4 is 22.8 Å². The number of hydrogen-bond donors (Lipinski definition) is 0. The number of benzene rings is 1. The smallest absolute Gasteiger partial charge is 0.225 e. The molecule has 2 aliphatic rings. The third-order valence-electron chi connectivity index (χ3n) is 6.37. The monoisotopic (exact) mass is 404 g/mol. The van der Waals surface area contributed by atoms with Crippen LogP contribution in [0.4, 0.5) is 5.82 Å². The molecule has 0 spiro atoms. The minimum absolute atomic E-state index is 0.248. The van der Waals surface area contributed by atoms with E-state index in [1.807, 2.05) is 41.2 Å². The predicted octanol–water partition coefficient (Wildman–Crippen LogP) is 3.22. The van der Waals surface area contributed by atoms with E-state index in [0.717, 1.165) is 73.8 Å². The highest BCUT2D eigenvalue weighted by atomic mass is 16.2. The molecule has 3 aromatic rings. The molecule has 1 saturated carbocycles. The van der Waals surface area contributed by atoms with Crippen LogP contribution in [0.2, 0.25) is 0 Å². The van der Waals surface area contributed by atoms with Crippen LogP contribution in [-0.2, 0) is 11.2 Å². The SMILES string of the molecule is CCc1nc(N2CCN(C(=O)C3CCCC3)CC2)c2cnn(-c3ccccc3)c2n1. The molecule has 1 aromatic carbocycles. The fourth-order valence-electron chi connectivity index (χ4n) is 4.66. The number of nitrogens with zero attached hydrogens (tertiary/aromatic N) is 6. The summed E-state index contributed by atoms with van der Waals surface area (Å²) in [4.78, 5) is 26.8. The molecule has 0 radical (unpaired) electrons. The maximum Gasteiger partial charge on any atom is 0.225 e. The highest BCUT2D eigenvalue weighted by Gasteiger charge is 2.30. The number of amides is 1. The second kappa shape index (κ2) is 8.05. The number of aryl methyl sites for hydroxylation is 1. The first-order valence-corrected chi connectivity index (χ1v) is 11.1. The minimum Gasteiger partial charge on any atom is -0.352 e. The number of hydrogen-bond acceptors (Lipinski definition) is 5. The molecule has 2 aromatic heterocycles. The number of rotatable bonds is 4. The topological polar surface area (TPSA) is 67.2 Å². The summed E-state index contributed by atoms with van der Waals surface area (Å²) in [7, 11) is 0. The lowest BCUT2D eigenvalue weighted by molar-refractivity contribution is -0.135. The zero-order valence-corrected chi connectivity index (χ0v) is 17.5. The lowest BCUT2D eigenvalue weighted by atomic mass is 10.1. The molecule has 30 heavy (non-hydrogen) atoms. The molecular weight excluding hydrogens is 376 g/mol. The Morgan fingerprint density at radius 1 is 1.03 bits per heavy atom. The van der Waals surface area contributed by atoms with E-state index in [2.05, 4.69) is 21.8 Å². The van der Waals surface area contributed by atoms with E-state index in [-0.39, 0.29) is 5.92 Å². The summed E-state index contributed by atoms with van der Waals surface area (Å²) in [6, 6.07) is 10.1. The molecule has 5 rings (SSSR count). The number of piperazine rings is 1. The average Bonchev–Trinajstić information content (AvgIpc) is 3.49. The van der Waals surface area contributed by atoms with E-state index in [9.17, 15) is 4.79 Å². The molecule has 2 fully saturated rings. The van der Waals surface area contributed by atoms with Crippen LogP contribution in [0.3, 0.4) is 0 Å². The number of carbonyl (C=O) groups excluding carboxylic acids is 1. The third-order valence-corrected chi connectivity index (χ3v) is 6.37. The fourth-order valence-corrected chi connectivity index (χ4v) is 4.66. The number of anilines is 1. The lowest BCUT2D eigenvalue weighted by Gasteiger charge is -2.36. The van der Waals surface area contributed by atoms with Gasteiger partial charge < -0.3 is 9.80 Å². The Hall–Kier alpha value is -2.96. The molecule has 1 aliphatic heterocycles. The van der Waals surface area contributed by atoms with Crippen molar-refractivity contribution in [3.05, 3.63) is 42.4 Å². The van der Waals surface area contributed by atoms with Crippen molar-refractivity contribution in [2.24, 2.45) is 5.92 Å². The zero-order chi connectivity index (χ0) is 20.5. The first-order valence-electron chi connectivity index (χ1n) is 11.1. The molecule has 3 heterocycles. The first kappa shape index (κ1) is 19.0. The first-order chi connectivity index (χ1) is 14.7. The molecule has 0 atom stereocenters. The Labute approximate surface area is 176 Å². The van der Waals surface area contributed by atoms with Crippen LogP contribution in [0.15, 0.2) is 36.5 Å². The highest BCUT2D eigenvalue weighted by Crippen LogP contribution is 2.29. The Kier molecular flexibility index (Phi) is 5.11. The van der Waals surface area contributed by atoms with Gasteiger partial charge >= 0.3 is 0 Å². The van der Waals surface area contributed by atoms with Crippen molar-refractivity contribution in [1.82, 2.24) is 24.6 Å². The van der Waals surface area contributed by atoms with E-state index >= 15 is 0 Å². The van der Waals surface area contributed by atoms with Gasteiger partial charge in [-0.15, -0.1) is 0 Å². The van der Waals surface area contributed by atoms with Crippen LogP contribution in [0, 0.1) is 5.92 Å². The summed E-state index contributed by atoms with van der Waals surface area (Å²) >= 11 is 0. The lowest BCUT2D eigenvalue weighted by Crippen LogP contribution is -2.50. The molecular formula is C23H28N6O. The van der Waals surface area contributed by atoms with Crippen molar-refractivity contribution in [3.63, 3.8) is 0 Å². The highest BCUT2D eigenvalue weighted by molar-refractivity contribution is 5.88. The molecule has 1 aliphatic carbocycles. The Balaban J connectivity index is 1.42. The molecule has 156 valence electrons. The summed E-state index contributed by atoms with van der Waals surface area (Å²) < 4.78 is 1.89. The molecule has 7 nitrogen and oxygen atoms in total. The minimum atomic E-state index is 0.248. The van der Waals surface area contributed by atoms with Gasteiger partial charge in [0, 0.05) is 38.5 Å². The summed E-state index contributed by atoms with van der Waals surface area (Å²) in [5.74, 6) is 2.36. The van der Waals surface area contributed by atoms with Gasteiger partial charge in [0.2, 0.25) is 5.91 Å². The van der Waals surface area contributed by atoms with E-state index in [4.69, 9.17) is 9.97 Å². The summed E-state index contributed by atoms with van der Waals surface area (Å²) in [5, 5.41) is 5.58. The third kappa shape index (κ3) is 3.42. The van der Waals surface area contributed by atoms with Gasteiger partial charge in [0.25, 0.3) is 0 Å². The van der Waals surface area contributed by atoms with E-state index < -0.39 is 0 Å². The Morgan fingerprint density at radius 3 is 2.47 bits per heavy atom. The molecule has 0 bridgehead atoms. The van der Waals surface area contributed by atoms with Gasteiger partial charge in [-0.3, -0.25) is 4.79 Å². The molecule has 7 heteroatoms. The maximum atomic E-state index is 12.8. The van der Waals surface area contributed by atoms with Gasteiger partial charge in [-0.2, -0.15) is 5.10 Å². The zero-order valence-electron chi connectivity index (χ0n) is 17.5. The number of carbonyl (C=O) groups is 1. The van der Waals surface area contributed by atoms with Gasteiger partial charge in [0.05, 0.1) is 17.3 Å². The van der Waals surface area contributed by atoms with Gasteiger partial charge in [-0.05, 0) is 25.0 Å². The van der Waals surface area contributed by atoms with Crippen LogP contribution in [0.25, 0.3) is 16.7 Å². The summed E-state index contributed by atoms with van der Waals surface area (Å²) in [6.07, 6.45) is 7.14. The normalized spacial score (nSPS) is 17.8. The number of fused-ring (bicyclic) bond motifs is 1. The standard InChI is InChI=1S/C23H28N6O/c1-2-20-25-21(19-16-24-29(22(19)26-20)18-10-4-3-5-11-18)27-12-14-28(15-13-27)23(30)17-8-6-7-9-17/h3-5,10-11,16-17H,2,6-9,12-15H2,1H3. The fraction of sp³-hybridized carbons (Fsp3) is 0.478. The maximum absolute atomic E-state index is 12.8. The van der Waals surface area contributed by atoms with Gasteiger partial charge in [0.15, 0.2) is 5.65 Å². The van der Waals surface area contributed by atoms with Gasteiger partial charge in [-0.25, -0.2) is 14.6 Å². The van der Waals surface area contributed by atoms with Gasteiger partial charge in [-0.1, -0.05) is 38.0 Å². The number of para-hydroxylation sites is 1. The van der Waals surface area contributed by atoms with Crippen molar-refractivity contribution in [2.75, 3.05) is 31.1 Å². The molecule has 0 N–H and O–H groups in total. The predicted molar refractivity (Wildman–Crippen MR) is 117 cm³/mol. The second-order valence-corrected chi connectivity index (χ2v) is 8.24. The Morgan fingerprint density at radius 2 is 1.77 bits per heavy atom. The van der Waals surface area contributed by atoms with Crippen molar-refractivity contribution < 1.29 is 4.79 Å².